The highest BCUT2D eigenvalue weighted by molar-refractivity contribution is 5.98. The number of fused-ring (bicyclic) bond motifs is 1. The maximum absolute atomic E-state index is 16.6. The van der Waals surface area contributed by atoms with Gasteiger partial charge in [-0.3, -0.25) is 0 Å². The molecule has 0 saturated heterocycles. The molecular weight excluding hydrogens is 830 g/mol. The van der Waals surface area contributed by atoms with E-state index >= 15 is 43.9 Å². The van der Waals surface area contributed by atoms with Crippen LogP contribution in [0.1, 0.15) is 0 Å². The Morgan fingerprint density at radius 1 is 0.161 bits per heavy atom. The zero-order valence-corrected chi connectivity index (χ0v) is 25.2. The molecule has 5 aromatic carbocycles. The molecule has 0 radical (unpaired) electrons. The van der Waals surface area contributed by atoms with Gasteiger partial charge in [-0.25, -0.2) is 107 Å². The molecule has 2 nitrogen and oxygen atoms in total. The van der Waals surface area contributed by atoms with Gasteiger partial charge in [-0.2, -0.15) is 0 Å². The van der Waals surface area contributed by atoms with E-state index in [1.54, 1.807) is 0 Å². The first-order valence-electron chi connectivity index (χ1n) is 13.8. The molecule has 0 fully saturated rings. The lowest BCUT2D eigenvalue weighted by Crippen LogP contribution is -2.13. The van der Waals surface area contributed by atoms with Crippen molar-refractivity contribution in [1.29, 1.82) is 0 Å². The second-order valence-electron chi connectivity index (χ2n) is 10.8. The Hall–Kier alpha value is -6.10. The number of hydrogen-bond donors (Lipinski definition) is 0. The van der Waals surface area contributed by atoms with E-state index in [2.05, 4.69) is 9.97 Å². The van der Waals surface area contributed by atoms with Crippen molar-refractivity contribution in [2.24, 2.45) is 0 Å². The van der Waals surface area contributed by atoms with Crippen molar-refractivity contribution in [2.75, 3.05) is 0 Å². The van der Waals surface area contributed by atoms with E-state index in [0.717, 1.165) is 0 Å². The fraction of sp³-hybridized carbons (Fsp3) is 0. The average molecular weight is 830 g/mol. The van der Waals surface area contributed by atoms with E-state index in [0.29, 0.717) is 0 Å². The molecule has 292 valence electrons. The quantitative estimate of drug-likeness (QED) is 0.100. The summed E-state index contributed by atoms with van der Waals surface area (Å²) in [6, 6.07) is 0. The van der Waals surface area contributed by atoms with Crippen molar-refractivity contribution >= 4 is 11.0 Å². The summed E-state index contributed by atoms with van der Waals surface area (Å²) in [4.78, 5) is 5.66. The highest BCUT2D eigenvalue weighted by Crippen LogP contribution is 2.48. The number of aromatic nitrogens is 2. The lowest BCUT2D eigenvalue weighted by molar-refractivity contribution is 0.379. The Morgan fingerprint density at radius 2 is 0.321 bits per heavy atom. The van der Waals surface area contributed by atoms with E-state index in [1.807, 2.05) is 0 Å². The third-order valence-electron chi connectivity index (χ3n) is 7.81. The molecule has 0 aliphatic carbocycles. The fourth-order valence-corrected chi connectivity index (χ4v) is 5.29. The predicted octanol–water partition coefficient (Wildman–Crippen LogP) is 11.4. The van der Waals surface area contributed by atoms with Gasteiger partial charge in [0.05, 0.1) is 22.3 Å². The molecule has 0 spiro atoms. The molecule has 0 atom stereocenters. The molecule has 1 heterocycles. The highest BCUT2D eigenvalue weighted by Gasteiger charge is 2.40. The van der Waals surface area contributed by atoms with Gasteiger partial charge in [-0.1, -0.05) is 0 Å². The summed E-state index contributed by atoms with van der Waals surface area (Å²) in [5, 5.41) is 0. The van der Waals surface area contributed by atoms with Crippen LogP contribution in [0.2, 0.25) is 0 Å². The molecular formula is C32F22N2. The molecule has 6 aromatic rings. The standard InChI is InChI=1S/C32F22N2/c33-7-3(8(34)18(44)25(51)17(7)43)1-2(4-9(35)19(45)26(52)20(46)10(4)36)16(42)32-31(15(1)41)55-29(5-11(37)21(47)27(53)22(48)12(5)38)30(56-32)6-13(39)23(49)28(54)24(50)14(6)40. The zero-order valence-electron chi connectivity index (χ0n) is 25.2. The molecule has 1 aromatic heterocycles. The zero-order chi connectivity index (χ0) is 41.9. The molecule has 0 bridgehead atoms. The molecule has 0 N–H and O–H groups in total. The normalized spacial score (nSPS) is 11.8. The van der Waals surface area contributed by atoms with Crippen LogP contribution in [0.25, 0.3) is 55.8 Å². The minimum absolute atomic E-state index is 2.40. The van der Waals surface area contributed by atoms with Crippen LogP contribution in [-0.2, 0) is 0 Å². The third kappa shape index (κ3) is 5.23. The van der Waals surface area contributed by atoms with E-state index in [1.165, 1.54) is 0 Å². The van der Waals surface area contributed by atoms with E-state index < -0.39 is 184 Å². The smallest absolute Gasteiger partial charge is 0.200 e. The van der Waals surface area contributed by atoms with Crippen molar-refractivity contribution in [1.82, 2.24) is 9.97 Å². The lowest BCUT2D eigenvalue weighted by atomic mass is 9.90. The summed E-state index contributed by atoms with van der Waals surface area (Å²) < 4.78 is 324. The van der Waals surface area contributed by atoms with Gasteiger partial charge in [-0.05, 0) is 0 Å². The Bertz CT molecular complexity index is 2480. The van der Waals surface area contributed by atoms with Crippen molar-refractivity contribution in [2.45, 2.75) is 0 Å². The number of nitrogens with zero attached hydrogens (tertiary/aromatic N) is 2. The second-order valence-corrected chi connectivity index (χ2v) is 10.8. The monoisotopic (exact) mass is 830 g/mol. The van der Waals surface area contributed by atoms with E-state index in [4.69, 9.17) is 0 Å². The Labute approximate surface area is 290 Å². The van der Waals surface area contributed by atoms with Gasteiger partial charge in [0.15, 0.2) is 105 Å². The molecule has 0 aliphatic rings. The van der Waals surface area contributed by atoms with Crippen LogP contribution in [0.5, 0.6) is 0 Å². The van der Waals surface area contributed by atoms with Gasteiger partial charge >= 0.3 is 0 Å². The summed E-state index contributed by atoms with van der Waals surface area (Å²) in [5.41, 5.74) is -26.3. The van der Waals surface area contributed by atoms with Crippen molar-refractivity contribution in [3.05, 3.63) is 128 Å². The van der Waals surface area contributed by atoms with Gasteiger partial charge in [-0.15, -0.1) is 0 Å². The predicted molar refractivity (Wildman–Crippen MR) is 140 cm³/mol. The van der Waals surface area contributed by atoms with E-state index in [-0.39, 0.29) is 0 Å². The van der Waals surface area contributed by atoms with Crippen LogP contribution in [0.15, 0.2) is 0 Å². The first-order valence-corrected chi connectivity index (χ1v) is 13.8. The number of benzene rings is 5. The van der Waals surface area contributed by atoms with Crippen LogP contribution in [0.3, 0.4) is 0 Å². The largest absolute Gasteiger partial charge is 0.240 e. The molecule has 0 unspecified atom stereocenters. The minimum Gasteiger partial charge on any atom is -0.240 e. The first-order chi connectivity index (χ1) is 26.0. The van der Waals surface area contributed by atoms with E-state index in [9.17, 15) is 52.7 Å². The first kappa shape index (κ1) is 39.6. The Morgan fingerprint density at radius 3 is 0.518 bits per heavy atom. The molecule has 24 heteroatoms. The minimum atomic E-state index is -3.20. The average Bonchev–Trinajstić information content (AvgIpc) is 3.17. The molecule has 0 aliphatic heterocycles. The van der Waals surface area contributed by atoms with Gasteiger partial charge in [0.1, 0.15) is 22.4 Å². The Balaban J connectivity index is 1.99. The Kier molecular flexibility index (Phi) is 9.39. The summed E-state index contributed by atoms with van der Waals surface area (Å²) in [6.45, 7) is 0. The third-order valence-corrected chi connectivity index (χ3v) is 7.81. The highest BCUT2D eigenvalue weighted by atomic mass is 19.2. The molecule has 6 rings (SSSR count). The molecule has 0 amide bonds. The second kappa shape index (κ2) is 13.3. The summed E-state index contributed by atoms with van der Waals surface area (Å²) in [6.07, 6.45) is 0. The van der Waals surface area contributed by atoms with Crippen LogP contribution in [0.4, 0.5) is 96.6 Å². The van der Waals surface area contributed by atoms with Crippen molar-refractivity contribution < 1.29 is 96.6 Å². The maximum atomic E-state index is 16.6. The van der Waals surface area contributed by atoms with Gasteiger partial charge in [0.2, 0.25) is 23.3 Å². The van der Waals surface area contributed by atoms with Crippen LogP contribution in [-0.4, -0.2) is 9.97 Å². The molecule has 56 heavy (non-hydrogen) atoms. The number of halogens is 22. The summed E-state index contributed by atoms with van der Waals surface area (Å²) in [5.74, 6) is -68.4. The number of hydrogen-bond acceptors (Lipinski definition) is 2. The van der Waals surface area contributed by atoms with Crippen LogP contribution in [0, 0.1) is 128 Å². The molecule has 0 saturated carbocycles. The van der Waals surface area contributed by atoms with Crippen molar-refractivity contribution in [3.63, 3.8) is 0 Å². The summed E-state index contributed by atoms with van der Waals surface area (Å²) in [7, 11) is 0. The topological polar surface area (TPSA) is 25.8 Å². The lowest BCUT2D eigenvalue weighted by Gasteiger charge is -2.20. The van der Waals surface area contributed by atoms with Gasteiger partial charge in [0, 0.05) is 11.1 Å². The van der Waals surface area contributed by atoms with Crippen molar-refractivity contribution in [3.8, 4) is 44.8 Å². The van der Waals surface area contributed by atoms with Gasteiger partial charge < -0.3 is 0 Å². The summed E-state index contributed by atoms with van der Waals surface area (Å²) >= 11 is 0. The van der Waals surface area contributed by atoms with Crippen LogP contribution < -0.4 is 0 Å². The van der Waals surface area contributed by atoms with Crippen LogP contribution >= 0.6 is 0 Å². The number of rotatable bonds is 4. The van der Waals surface area contributed by atoms with Gasteiger partial charge in [0.25, 0.3) is 0 Å². The maximum Gasteiger partial charge on any atom is 0.200 e. The SMILES string of the molecule is Fc1c(F)c(F)c(-c2nc3c(F)c(-c4c(F)c(F)c(F)c(F)c4F)c(-c4c(F)c(F)c(F)c(F)c4F)c(F)c3nc2-c2c(F)c(F)c(F)c(F)c2F)c(F)c1F. The fourth-order valence-electron chi connectivity index (χ4n) is 5.29.